The van der Waals surface area contributed by atoms with Gasteiger partial charge in [-0.3, -0.25) is 5.10 Å². The predicted octanol–water partition coefficient (Wildman–Crippen LogP) is 3.86. The molecule has 1 aromatic carbocycles. The van der Waals surface area contributed by atoms with Gasteiger partial charge in [-0.15, -0.1) is 0 Å². The molecule has 0 aliphatic carbocycles. The van der Waals surface area contributed by atoms with Crippen molar-refractivity contribution in [1.82, 2.24) is 15.5 Å². The van der Waals surface area contributed by atoms with E-state index in [2.05, 4.69) is 27.1 Å². The maximum atomic E-state index is 14.0. The van der Waals surface area contributed by atoms with Crippen LogP contribution >= 0.6 is 0 Å². The molecule has 0 radical (unpaired) electrons. The van der Waals surface area contributed by atoms with Crippen molar-refractivity contribution < 1.29 is 8.78 Å². The summed E-state index contributed by atoms with van der Waals surface area (Å²) in [6, 6.07) is 3.21. The summed E-state index contributed by atoms with van der Waals surface area (Å²) in [6.07, 6.45) is 0. The van der Waals surface area contributed by atoms with Crippen LogP contribution in [0, 0.1) is 12.7 Å². The molecule has 1 aromatic heterocycles. The molecule has 0 saturated carbocycles. The number of aryl methyl sites for hydroxylation is 1. The fourth-order valence-corrected chi connectivity index (χ4v) is 2.12. The minimum atomic E-state index is -0.453. The molecule has 0 amide bonds. The molecule has 2 aromatic rings. The summed E-state index contributed by atoms with van der Waals surface area (Å²) in [5, 5.41) is 9.98. The van der Waals surface area contributed by atoms with Gasteiger partial charge in [0, 0.05) is 18.1 Å². The molecule has 6 heteroatoms. The first-order valence-corrected chi connectivity index (χ1v) is 6.78. The number of rotatable bonds is 4. The van der Waals surface area contributed by atoms with Gasteiger partial charge in [-0.05, 0) is 38.5 Å². The van der Waals surface area contributed by atoms with Gasteiger partial charge in [-0.25, -0.2) is 13.8 Å². The van der Waals surface area contributed by atoms with Crippen molar-refractivity contribution in [3.8, 4) is 0 Å². The van der Waals surface area contributed by atoms with Crippen LogP contribution in [0.3, 0.4) is 0 Å². The van der Waals surface area contributed by atoms with Gasteiger partial charge in [0.1, 0.15) is 17.0 Å². The number of H-pyrrole nitrogens is 1. The second kappa shape index (κ2) is 6.09. The molecule has 2 rings (SSSR count). The number of nitrogens with one attached hydrogen (secondary N) is 2. The number of hydrogen-bond donors (Lipinski definition) is 2. The number of allylic oxidation sites excluding steroid dienone is 2. The van der Waals surface area contributed by atoms with Gasteiger partial charge in [-0.2, -0.15) is 5.10 Å². The Morgan fingerprint density at radius 2 is 2.05 bits per heavy atom. The highest BCUT2D eigenvalue weighted by atomic mass is 19.1. The number of nitrogens with zero attached hydrogens (tertiary/aromatic N) is 2. The Hall–Kier alpha value is -2.50. The second-order valence-electron chi connectivity index (χ2n) is 5.07. The lowest BCUT2D eigenvalue weighted by atomic mass is 10.1. The predicted molar refractivity (Wildman–Crippen MR) is 85.8 cm³/mol. The lowest BCUT2D eigenvalue weighted by Gasteiger charge is -2.04. The molecule has 0 spiro atoms. The Kier molecular flexibility index (Phi) is 4.40. The number of halogens is 2. The van der Waals surface area contributed by atoms with Gasteiger partial charge in [0.15, 0.2) is 5.83 Å². The van der Waals surface area contributed by atoms with E-state index >= 15 is 0 Å². The van der Waals surface area contributed by atoms with Crippen LogP contribution in [0.1, 0.15) is 25.1 Å². The van der Waals surface area contributed by atoms with Crippen molar-refractivity contribution in [3.05, 3.63) is 47.3 Å². The van der Waals surface area contributed by atoms with Gasteiger partial charge < -0.3 is 5.32 Å². The van der Waals surface area contributed by atoms with Crippen molar-refractivity contribution >= 4 is 22.3 Å². The van der Waals surface area contributed by atoms with Crippen LogP contribution in [-0.4, -0.2) is 23.0 Å². The first-order chi connectivity index (χ1) is 10.3. The van der Waals surface area contributed by atoms with Crippen LogP contribution < -0.4 is 5.32 Å². The average molecular weight is 304 g/mol. The zero-order valence-electron chi connectivity index (χ0n) is 13.0. The summed E-state index contributed by atoms with van der Waals surface area (Å²) >= 11 is 0. The summed E-state index contributed by atoms with van der Waals surface area (Å²) < 4.78 is 27.8. The Morgan fingerprint density at radius 1 is 1.36 bits per heavy atom. The van der Waals surface area contributed by atoms with Crippen LogP contribution in [-0.2, 0) is 0 Å². The molecular formula is C16H18F2N4. The highest BCUT2D eigenvalue weighted by Gasteiger charge is 2.14. The van der Waals surface area contributed by atoms with E-state index < -0.39 is 5.83 Å². The third-order valence-corrected chi connectivity index (χ3v) is 3.37. The summed E-state index contributed by atoms with van der Waals surface area (Å²) in [5.74, 6) is -0.842. The van der Waals surface area contributed by atoms with Gasteiger partial charge >= 0.3 is 0 Å². The second-order valence-corrected chi connectivity index (χ2v) is 5.07. The lowest BCUT2D eigenvalue weighted by Crippen LogP contribution is -2.08. The van der Waals surface area contributed by atoms with Gasteiger partial charge in [0.25, 0.3) is 0 Å². The van der Waals surface area contributed by atoms with E-state index in [0.29, 0.717) is 16.8 Å². The van der Waals surface area contributed by atoms with E-state index in [1.165, 1.54) is 6.07 Å². The average Bonchev–Trinajstić information content (AvgIpc) is 2.89. The SMILES string of the molecule is C=C(/N=C(C)\C(F)=C(/C)NC)c1n[nH]c2c(F)cc(C)cc12. The Labute approximate surface area is 127 Å². The maximum absolute atomic E-state index is 14.0. The first-order valence-electron chi connectivity index (χ1n) is 6.78. The highest BCUT2D eigenvalue weighted by Crippen LogP contribution is 2.26. The van der Waals surface area contributed by atoms with Crippen molar-refractivity contribution in [3.63, 3.8) is 0 Å². The quantitative estimate of drug-likeness (QED) is 0.843. The molecule has 0 saturated heterocycles. The first kappa shape index (κ1) is 15.9. The smallest absolute Gasteiger partial charge is 0.162 e. The van der Waals surface area contributed by atoms with E-state index in [0.717, 1.165) is 5.56 Å². The monoisotopic (exact) mass is 304 g/mol. The molecule has 0 unspecified atom stereocenters. The number of benzene rings is 1. The number of aliphatic imine (C=N–C) groups is 1. The zero-order chi connectivity index (χ0) is 16.4. The summed E-state index contributed by atoms with van der Waals surface area (Å²) in [6.45, 7) is 8.75. The van der Waals surface area contributed by atoms with Crippen LogP contribution in [0.15, 0.2) is 35.2 Å². The van der Waals surface area contributed by atoms with Gasteiger partial charge in [-0.1, -0.05) is 6.58 Å². The lowest BCUT2D eigenvalue weighted by molar-refractivity contribution is 0.635. The summed E-state index contributed by atoms with van der Waals surface area (Å²) in [4.78, 5) is 4.14. The highest BCUT2D eigenvalue weighted by molar-refractivity contribution is 6.01. The minimum absolute atomic E-state index is 0.182. The van der Waals surface area contributed by atoms with E-state index in [4.69, 9.17) is 0 Å². The van der Waals surface area contributed by atoms with Crippen LogP contribution in [0.2, 0.25) is 0 Å². The molecule has 22 heavy (non-hydrogen) atoms. The third-order valence-electron chi connectivity index (χ3n) is 3.37. The fraction of sp³-hybridized carbons (Fsp3) is 0.250. The molecule has 0 bridgehead atoms. The number of hydrogen-bond acceptors (Lipinski definition) is 3. The zero-order valence-corrected chi connectivity index (χ0v) is 13.0. The molecule has 0 fully saturated rings. The van der Waals surface area contributed by atoms with Crippen molar-refractivity contribution in [2.24, 2.45) is 4.99 Å². The molecular weight excluding hydrogens is 286 g/mol. The van der Waals surface area contributed by atoms with Gasteiger partial charge in [0.05, 0.1) is 11.4 Å². The normalized spacial score (nSPS) is 13.3. The number of fused-ring (bicyclic) bond motifs is 1. The molecule has 2 N–H and O–H groups in total. The van der Waals surface area contributed by atoms with Crippen LogP contribution in [0.4, 0.5) is 8.78 Å². The Morgan fingerprint density at radius 3 is 2.68 bits per heavy atom. The molecule has 4 nitrogen and oxygen atoms in total. The van der Waals surface area contributed by atoms with Crippen LogP contribution in [0.5, 0.6) is 0 Å². The van der Waals surface area contributed by atoms with Crippen molar-refractivity contribution in [1.29, 1.82) is 0 Å². The topological polar surface area (TPSA) is 53.1 Å². The molecule has 116 valence electrons. The maximum Gasteiger partial charge on any atom is 0.162 e. The van der Waals surface area contributed by atoms with Crippen molar-refractivity contribution in [2.75, 3.05) is 7.05 Å². The van der Waals surface area contributed by atoms with Crippen molar-refractivity contribution in [2.45, 2.75) is 20.8 Å². The molecule has 0 aliphatic heterocycles. The third kappa shape index (κ3) is 2.90. The summed E-state index contributed by atoms with van der Waals surface area (Å²) in [5.41, 5.74) is 2.29. The molecule has 1 heterocycles. The van der Waals surface area contributed by atoms with Crippen LogP contribution in [0.25, 0.3) is 16.6 Å². The fourth-order valence-electron chi connectivity index (χ4n) is 2.12. The molecule has 0 aliphatic rings. The Bertz CT molecular complexity index is 800. The largest absolute Gasteiger partial charge is 0.389 e. The Balaban J connectivity index is 2.47. The standard InChI is InChI=1S/C16H18F2N4/c1-8-6-12-15(21-22-16(12)13(17)7-8)11(4)20-10(3)14(18)9(2)19-5/h6-7,19H,4H2,1-3,5H3,(H,21,22)/b14-9-,20-10-. The number of aromatic amines is 1. The van der Waals surface area contributed by atoms with E-state index in [1.54, 1.807) is 33.9 Å². The minimum Gasteiger partial charge on any atom is -0.389 e. The molecule has 0 atom stereocenters. The van der Waals surface area contributed by atoms with Gasteiger partial charge in [0.2, 0.25) is 0 Å². The van der Waals surface area contributed by atoms with E-state index in [-0.39, 0.29) is 22.7 Å². The van der Waals surface area contributed by atoms with E-state index in [9.17, 15) is 8.78 Å². The van der Waals surface area contributed by atoms with E-state index in [1.807, 2.05) is 0 Å². The number of aromatic nitrogens is 2. The summed E-state index contributed by atoms with van der Waals surface area (Å²) in [7, 11) is 1.63.